The monoisotopic (exact) mass is 381 g/mol. The first-order valence-electron chi connectivity index (χ1n) is 8.14. The Bertz CT molecular complexity index is 788. The van der Waals surface area contributed by atoms with Crippen molar-refractivity contribution in [3.8, 4) is 5.75 Å². The number of nitrogens with one attached hydrogen (secondary N) is 1. The highest BCUT2D eigenvalue weighted by molar-refractivity contribution is 5.94. The molecule has 0 unspecified atom stereocenters. The predicted octanol–water partition coefficient (Wildman–Crippen LogP) is 3.88. The van der Waals surface area contributed by atoms with Gasteiger partial charge in [0.25, 0.3) is 5.91 Å². The van der Waals surface area contributed by atoms with Crippen LogP contribution in [0.5, 0.6) is 5.75 Å². The number of ether oxygens (including phenoxy) is 1. The number of hydrogen-bond donors (Lipinski definition) is 2. The van der Waals surface area contributed by atoms with Gasteiger partial charge < -0.3 is 15.2 Å². The molecule has 2 rings (SSSR count). The minimum atomic E-state index is -4.50. The molecule has 0 aliphatic heterocycles. The summed E-state index contributed by atoms with van der Waals surface area (Å²) in [6.07, 6.45) is -4.08. The SMILES string of the molecule is O=C(O)CCCOc1ccc(CNC(=O)c2cccc(C(F)(F)F)c2)cc1. The number of rotatable bonds is 8. The zero-order valence-electron chi connectivity index (χ0n) is 14.3. The second-order valence-corrected chi connectivity index (χ2v) is 5.75. The zero-order valence-corrected chi connectivity index (χ0v) is 14.3. The number of aliphatic carboxylic acids is 1. The fraction of sp³-hybridized carbons (Fsp3) is 0.263. The zero-order chi connectivity index (χ0) is 19.9. The summed E-state index contributed by atoms with van der Waals surface area (Å²) in [6, 6.07) is 11.0. The van der Waals surface area contributed by atoms with E-state index in [9.17, 15) is 22.8 Å². The third kappa shape index (κ3) is 6.65. The molecule has 2 N–H and O–H groups in total. The molecule has 27 heavy (non-hydrogen) atoms. The second-order valence-electron chi connectivity index (χ2n) is 5.75. The third-order valence-corrected chi connectivity index (χ3v) is 3.63. The normalized spacial score (nSPS) is 11.1. The lowest BCUT2D eigenvalue weighted by Gasteiger charge is -2.10. The van der Waals surface area contributed by atoms with Crippen LogP contribution in [0.1, 0.15) is 34.3 Å². The van der Waals surface area contributed by atoms with Gasteiger partial charge in [-0.3, -0.25) is 9.59 Å². The molecule has 1 amide bonds. The molecular formula is C19H18F3NO4. The average Bonchev–Trinajstić information content (AvgIpc) is 2.63. The molecule has 5 nitrogen and oxygen atoms in total. The van der Waals surface area contributed by atoms with Crippen molar-refractivity contribution in [3.05, 3.63) is 65.2 Å². The van der Waals surface area contributed by atoms with Gasteiger partial charge in [0.2, 0.25) is 0 Å². The Morgan fingerprint density at radius 2 is 1.78 bits per heavy atom. The summed E-state index contributed by atoms with van der Waals surface area (Å²) in [7, 11) is 0. The van der Waals surface area contributed by atoms with E-state index in [1.165, 1.54) is 12.1 Å². The van der Waals surface area contributed by atoms with Crippen LogP contribution in [0.15, 0.2) is 48.5 Å². The van der Waals surface area contributed by atoms with Gasteiger partial charge in [0, 0.05) is 18.5 Å². The van der Waals surface area contributed by atoms with Crippen LogP contribution in [-0.2, 0) is 17.5 Å². The van der Waals surface area contributed by atoms with E-state index in [1.54, 1.807) is 24.3 Å². The first kappa shape index (κ1) is 20.3. The van der Waals surface area contributed by atoms with Crippen LogP contribution in [-0.4, -0.2) is 23.6 Å². The van der Waals surface area contributed by atoms with Crippen molar-refractivity contribution in [3.63, 3.8) is 0 Å². The van der Waals surface area contributed by atoms with Crippen LogP contribution in [0.4, 0.5) is 13.2 Å². The summed E-state index contributed by atoms with van der Waals surface area (Å²) in [5.74, 6) is -0.922. The van der Waals surface area contributed by atoms with E-state index in [1.807, 2.05) is 0 Å². The fourth-order valence-corrected chi connectivity index (χ4v) is 2.24. The van der Waals surface area contributed by atoms with Gasteiger partial charge in [0.1, 0.15) is 5.75 Å². The van der Waals surface area contributed by atoms with Gasteiger partial charge >= 0.3 is 12.1 Å². The van der Waals surface area contributed by atoms with Crippen molar-refractivity contribution in [2.75, 3.05) is 6.61 Å². The molecule has 0 spiro atoms. The third-order valence-electron chi connectivity index (χ3n) is 3.63. The Kier molecular flexibility index (Phi) is 6.81. The van der Waals surface area contributed by atoms with E-state index in [-0.39, 0.29) is 25.1 Å². The van der Waals surface area contributed by atoms with E-state index in [2.05, 4.69) is 5.32 Å². The van der Waals surface area contributed by atoms with Crippen LogP contribution in [0, 0.1) is 0 Å². The van der Waals surface area contributed by atoms with Gasteiger partial charge in [0.05, 0.1) is 12.2 Å². The summed E-state index contributed by atoms with van der Waals surface area (Å²) in [5.41, 5.74) is -0.198. The van der Waals surface area contributed by atoms with Crippen LogP contribution in [0.2, 0.25) is 0 Å². The quantitative estimate of drug-likeness (QED) is 0.681. The van der Waals surface area contributed by atoms with Gasteiger partial charge in [-0.15, -0.1) is 0 Å². The Labute approximate surface area is 153 Å². The smallest absolute Gasteiger partial charge is 0.416 e. The molecule has 0 aliphatic carbocycles. The van der Waals surface area contributed by atoms with Crippen LogP contribution < -0.4 is 10.1 Å². The van der Waals surface area contributed by atoms with Gasteiger partial charge in [-0.1, -0.05) is 18.2 Å². The van der Waals surface area contributed by atoms with E-state index in [4.69, 9.17) is 9.84 Å². The molecule has 0 bridgehead atoms. The summed E-state index contributed by atoms with van der Waals surface area (Å²) in [5, 5.41) is 11.1. The Morgan fingerprint density at radius 1 is 1.07 bits per heavy atom. The summed E-state index contributed by atoms with van der Waals surface area (Å²) in [6.45, 7) is 0.423. The lowest BCUT2D eigenvalue weighted by Crippen LogP contribution is -2.23. The van der Waals surface area contributed by atoms with Crippen molar-refractivity contribution in [1.29, 1.82) is 0 Å². The lowest BCUT2D eigenvalue weighted by molar-refractivity contribution is -0.138. The maximum atomic E-state index is 12.7. The van der Waals surface area contributed by atoms with Gasteiger partial charge in [-0.2, -0.15) is 13.2 Å². The number of carboxylic acid groups (broad SMARTS) is 1. The highest BCUT2D eigenvalue weighted by Crippen LogP contribution is 2.29. The van der Waals surface area contributed by atoms with Crippen LogP contribution in [0.25, 0.3) is 0 Å². The molecule has 0 saturated heterocycles. The molecule has 0 atom stereocenters. The maximum absolute atomic E-state index is 12.7. The summed E-state index contributed by atoms with van der Waals surface area (Å²) < 4.78 is 43.5. The average molecular weight is 381 g/mol. The number of carbonyl (C=O) groups excluding carboxylic acids is 1. The van der Waals surface area contributed by atoms with E-state index in [0.717, 1.165) is 17.7 Å². The first-order chi connectivity index (χ1) is 12.8. The van der Waals surface area contributed by atoms with Crippen molar-refractivity contribution in [1.82, 2.24) is 5.32 Å². The molecular weight excluding hydrogens is 363 g/mol. The molecule has 144 valence electrons. The summed E-state index contributed by atoms with van der Waals surface area (Å²) >= 11 is 0. The van der Waals surface area contributed by atoms with Crippen molar-refractivity contribution in [2.24, 2.45) is 0 Å². The molecule has 0 aliphatic rings. The van der Waals surface area contributed by atoms with E-state index < -0.39 is 23.6 Å². The Morgan fingerprint density at radius 3 is 2.41 bits per heavy atom. The number of carboxylic acids is 1. The highest BCUT2D eigenvalue weighted by Gasteiger charge is 2.30. The van der Waals surface area contributed by atoms with E-state index in [0.29, 0.717) is 12.2 Å². The van der Waals surface area contributed by atoms with Crippen molar-refractivity contribution < 1.29 is 32.6 Å². The number of benzene rings is 2. The Balaban J connectivity index is 1.86. The largest absolute Gasteiger partial charge is 0.494 e. The molecule has 2 aromatic rings. The van der Waals surface area contributed by atoms with E-state index >= 15 is 0 Å². The molecule has 0 aromatic heterocycles. The molecule has 0 fully saturated rings. The highest BCUT2D eigenvalue weighted by atomic mass is 19.4. The van der Waals surface area contributed by atoms with Crippen molar-refractivity contribution in [2.45, 2.75) is 25.6 Å². The van der Waals surface area contributed by atoms with Crippen molar-refractivity contribution >= 4 is 11.9 Å². The maximum Gasteiger partial charge on any atom is 0.416 e. The minimum absolute atomic E-state index is 0.0274. The van der Waals surface area contributed by atoms with Crippen LogP contribution in [0.3, 0.4) is 0 Å². The molecule has 2 aromatic carbocycles. The van der Waals surface area contributed by atoms with Crippen LogP contribution >= 0.6 is 0 Å². The molecule has 0 heterocycles. The first-order valence-corrected chi connectivity index (χ1v) is 8.14. The summed E-state index contributed by atoms with van der Waals surface area (Å²) in [4.78, 5) is 22.4. The second kappa shape index (κ2) is 9.07. The predicted molar refractivity (Wildman–Crippen MR) is 91.4 cm³/mol. The number of carbonyl (C=O) groups is 2. The minimum Gasteiger partial charge on any atom is -0.494 e. The number of alkyl halides is 3. The standard InChI is InChI=1S/C19H18F3NO4/c20-19(21,22)15-4-1-3-14(11-15)18(26)23-12-13-6-8-16(9-7-13)27-10-2-5-17(24)25/h1,3-4,6-9,11H,2,5,10,12H2,(H,23,26)(H,24,25). The number of hydrogen-bond acceptors (Lipinski definition) is 3. The number of halogens is 3. The fourth-order valence-electron chi connectivity index (χ4n) is 2.24. The molecule has 0 saturated carbocycles. The van der Waals surface area contributed by atoms with Gasteiger partial charge in [-0.25, -0.2) is 0 Å². The lowest BCUT2D eigenvalue weighted by atomic mass is 10.1. The topological polar surface area (TPSA) is 75.6 Å². The molecule has 0 radical (unpaired) electrons. The Hall–Kier alpha value is -3.03. The molecule has 8 heteroatoms. The van der Waals surface area contributed by atoms with Gasteiger partial charge in [-0.05, 0) is 42.3 Å². The number of amides is 1. The van der Waals surface area contributed by atoms with Gasteiger partial charge in [0.15, 0.2) is 0 Å².